The van der Waals surface area contributed by atoms with E-state index in [4.69, 9.17) is 4.42 Å². The number of hydrogen-bond donors (Lipinski definition) is 0. The van der Waals surface area contributed by atoms with Gasteiger partial charge in [-0.2, -0.15) is 0 Å². The molecule has 0 unspecified atom stereocenters. The van der Waals surface area contributed by atoms with Crippen LogP contribution < -0.4 is 9.80 Å². The van der Waals surface area contributed by atoms with Gasteiger partial charge in [-0.3, -0.25) is 0 Å². The summed E-state index contributed by atoms with van der Waals surface area (Å²) in [5.74, 6) is 0. The fraction of sp³-hybridized carbons (Fsp3) is 0. The Labute approximate surface area is 398 Å². The zero-order valence-corrected chi connectivity index (χ0v) is 37.4. The molecule has 0 aliphatic carbocycles. The summed E-state index contributed by atoms with van der Waals surface area (Å²) in [6.07, 6.45) is 0. The Bertz CT molecular complexity index is 4200. The van der Waals surface area contributed by atoms with Gasteiger partial charge in [-0.15, -0.1) is 0 Å². The minimum absolute atomic E-state index is 0.884. The van der Waals surface area contributed by atoms with Gasteiger partial charge in [0.15, 0.2) is 0 Å². The van der Waals surface area contributed by atoms with Crippen molar-refractivity contribution in [1.82, 2.24) is 9.13 Å². The number of para-hydroxylation sites is 6. The Kier molecular flexibility index (Phi) is 8.83. The third kappa shape index (κ3) is 6.11. The van der Waals surface area contributed by atoms with Crippen LogP contribution in [0.2, 0.25) is 0 Å². The predicted molar refractivity (Wildman–Crippen MR) is 289 cm³/mol. The molecule has 0 spiro atoms. The molecular weight excluding hydrogens is 841 g/mol. The van der Waals surface area contributed by atoms with Crippen molar-refractivity contribution in [3.8, 4) is 11.4 Å². The van der Waals surface area contributed by atoms with E-state index in [9.17, 15) is 0 Å². The maximum atomic E-state index is 7.35. The van der Waals surface area contributed by atoms with Crippen LogP contribution in [-0.4, -0.2) is 9.13 Å². The van der Waals surface area contributed by atoms with E-state index >= 15 is 0 Å². The van der Waals surface area contributed by atoms with Crippen molar-refractivity contribution >= 4 is 110 Å². The molecule has 3 aromatic heterocycles. The SMILES string of the molecule is c1ccc(N(c2ccccc2)c2cc(N(c3ccccc3)c3cccc4ccccc34)cc(-n3c4ccccc4c4c5oc6c(ccc7c6c6ccccc6n7-c6ccccc6)c5ccc43)c2)cc1. The molecule has 0 aliphatic rings. The number of nitrogens with zero attached hydrogens (tertiary/aromatic N) is 4. The van der Waals surface area contributed by atoms with Crippen LogP contribution in [0.1, 0.15) is 0 Å². The Morgan fingerprint density at radius 3 is 1.28 bits per heavy atom. The summed E-state index contributed by atoms with van der Waals surface area (Å²) >= 11 is 0. The first-order chi connectivity index (χ1) is 34.3. The van der Waals surface area contributed by atoms with Crippen LogP contribution in [0.4, 0.5) is 34.1 Å². The Hall–Kier alpha value is -9.32. The molecule has 14 aromatic rings. The lowest BCUT2D eigenvalue weighted by Gasteiger charge is -2.31. The maximum absolute atomic E-state index is 7.35. The lowest BCUT2D eigenvalue weighted by atomic mass is 10.1. The van der Waals surface area contributed by atoms with E-state index in [-0.39, 0.29) is 0 Å². The van der Waals surface area contributed by atoms with E-state index in [1.165, 1.54) is 16.2 Å². The number of benzene rings is 11. The van der Waals surface area contributed by atoms with Gasteiger partial charge in [0, 0.05) is 49.7 Å². The fourth-order valence-electron chi connectivity index (χ4n) is 10.9. The highest BCUT2D eigenvalue weighted by Crippen LogP contribution is 2.48. The molecule has 324 valence electrons. The molecule has 3 heterocycles. The van der Waals surface area contributed by atoms with Crippen LogP contribution in [0.25, 0.3) is 87.7 Å². The molecule has 0 saturated carbocycles. The van der Waals surface area contributed by atoms with Crippen molar-refractivity contribution in [2.75, 3.05) is 9.80 Å². The van der Waals surface area contributed by atoms with Crippen molar-refractivity contribution in [2.45, 2.75) is 0 Å². The second kappa shape index (κ2) is 15.7. The van der Waals surface area contributed by atoms with E-state index in [0.717, 1.165) is 106 Å². The minimum Gasteiger partial charge on any atom is -0.455 e. The van der Waals surface area contributed by atoms with Gasteiger partial charge >= 0.3 is 0 Å². The molecule has 0 atom stereocenters. The summed E-state index contributed by atoms with van der Waals surface area (Å²) in [4.78, 5) is 4.77. The zero-order chi connectivity index (χ0) is 45.4. The highest BCUT2D eigenvalue weighted by molar-refractivity contribution is 6.29. The number of rotatable bonds is 8. The number of hydrogen-bond acceptors (Lipinski definition) is 3. The highest BCUT2D eigenvalue weighted by atomic mass is 16.3. The fourth-order valence-corrected chi connectivity index (χ4v) is 10.9. The van der Waals surface area contributed by atoms with Crippen LogP contribution >= 0.6 is 0 Å². The molecule has 0 aliphatic heterocycles. The smallest absolute Gasteiger partial charge is 0.145 e. The molecule has 0 saturated heterocycles. The van der Waals surface area contributed by atoms with Crippen molar-refractivity contribution in [1.29, 1.82) is 0 Å². The predicted octanol–water partition coefficient (Wildman–Crippen LogP) is 17.9. The van der Waals surface area contributed by atoms with Crippen LogP contribution in [0.15, 0.2) is 259 Å². The first-order valence-electron chi connectivity index (χ1n) is 23.5. The maximum Gasteiger partial charge on any atom is 0.145 e. The monoisotopic (exact) mass is 882 g/mol. The van der Waals surface area contributed by atoms with Crippen LogP contribution in [0.5, 0.6) is 0 Å². The quantitative estimate of drug-likeness (QED) is 0.152. The van der Waals surface area contributed by atoms with Crippen molar-refractivity contribution in [3.05, 3.63) is 255 Å². The first kappa shape index (κ1) is 38.9. The number of furan rings is 1. The molecule has 0 fully saturated rings. The van der Waals surface area contributed by atoms with Crippen LogP contribution in [-0.2, 0) is 0 Å². The van der Waals surface area contributed by atoms with Gasteiger partial charge in [0.05, 0.1) is 55.6 Å². The average molecular weight is 883 g/mol. The van der Waals surface area contributed by atoms with E-state index < -0.39 is 0 Å². The number of aromatic nitrogens is 2. The third-order valence-electron chi connectivity index (χ3n) is 13.8. The lowest BCUT2D eigenvalue weighted by Crippen LogP contribution is -2.14. The minimum atomic E-state index is 0.884. The van der Waals surface area contributed by atoms with Crippen LogP contribution in [0, 0.1) is 0 Å². The Morgan fingerprint density at radius 1 is 0.275 bits per heavy atom. The van der Waals surface area contributed by atoms with E-state index in [0.29, 0.717) is 0 Å². The van der Waals surface area contributed by atoms with Crippen LogP contribution in [0.3, 0.4) is 0 Å². The topological polar surface area (TPSA) is 29.5 Å². The summed E-state index contributed by atoms with van der Waals surface area (Å²) in [5.41, 5.74) is 14.7. The summed E-state index contributed by atoms with van der Waals surface area (Å²) in [6.45, 7) is 0. The second-order valence-electron chi connectivity index (χ2n) is 17.7. The molecule has 5 nitrogen and oxygen atoms in total. The molecule has 0 bridgehead atoms. The summed E-state index contributed by atoms with van der Waals surface area (Å²) < 4.78 is 12.1. The second-order valence-corrected chi connectivity index (χ2v) is 17.7. The summed E-state index contributed by atoms with van der Waals surface area (Å²) in [7, 11) is 0. The van der Waals surface area contributed by atoms with Gasteiger partial charge in [0.2, 0.25) is 0 Å². The lowest BCUT2D eigenvalue weighted by molar-refractivity contribution is 0.677. The van der Waals surface area contributed by atoms with Gasteiger partial charge < -0.3 is 23.4 Å². The molecule has 69 heavy (non-hydrogen) atoms. The normalized spacial score (nSPS) is 11.8. The molecular formula is C64H42N4O. The van der Waals surface area contributed by atoms with Gasteiger partial charge in [-0.25, -0.2) is 0 Å². The molecule has 14 rings (SSSR count). The molecule has 0 amide bonds. The number of fused-ring (bicyclic) bond motifs is 12. The largest absolute Gasteiger partial charge is 0.455 e. The summed E-state index contributed by atoms with van der Waals surface area (Å²) in [5, 5.41) is 9.05. The van der Waals surface area contributed by atoms with E-state index in [1.807, 2.05) is 0 Å². The van der Waals surface area contributed by atoms with E-state index in [2.05, 4.69) is 274 Å². The van der Waals surface area contributed by atoms with Gasteiger partial charge in [-0.05, 0) is 115 Å². The third-order valence-corrected chi connectivity index (χ3v) is 13.8. The molecule has 0 radical (unpaired) electrons. The number of anilines is 6. The molecule has 0 N–H and O–H groups in total. The average Bonchev–Trinajstić information content (AvgIpc) is 4.08. The standard InChI is InChI=1S/C64H42N4O/c1-5-22-44(23-6-1)65(45-24-7-2-8-25-45)48-40-49(66(46-26-9-3-10-27-46)56-35-19-21-43-20-13-14-30-51(43)56)42-50(41-48)68-58-34-18-16-32-55(58)62-60(68)39-37-53-52-36-38-59-61(63(52)69-64(53)62)54-31-15-17-33-57(54)67(59)47-28-11-4-12-29-47/h1-42H. The van der Waals surface area contributed by atoms with E-state index in [1.54, 1.807) is 0 Å². The van der Waals surface area contributed by atoms with Crippen molar-refractivity contribution < 1.29 is 4.42 Å². The van der Waals surface area contributed by atoms with Crippen molar-refractivity contribution in [3.63, 3.8) is 0 Å². The van der Waals surface area contributed by atoms with Crippen molar-refractivity contribution in [2.24, 2.45) is 0 Å². The van der Waals surface area contributed by atoms with Gasteiger partial charge in [-0.1, -0.05) is 146 Å². The molecule has 5 heteroatoms. The Balaban J connectivity index is 1.07. The highest BCUT2D eigenvalue weighted by Gasteiger charge is 2.25. The van der Waals surface area contributed by atoms with Gasteiger partial charge in [0.1, 0.15) is 11.2 Å². The first-order valence-corrected chi connectivity index (χ1v) is 23.5. The summed E-state index contributed by atoms with van der Waals surface area (Å²) in [6, 6.07) is 91.5. The molecule has 11 aromatic carbocycles. The van der Waals surface area contributed by atoms with Gasteiger partial charge in [0.25, 0.3) is 0 Å². The Morgan fingerprint density at radius 2 is 0.710 bits per heavy atom. The zero-order valence-electron chi connectivity index (χ0n) is 37.4.